The number of carboxylic acids is 1. The number of urea groups is 1. The van der Waals surface area contributed by atoms with Gasteiger partial charge >= 0.3 is 12.0 Å². The number of carbonyl (C=O) groups excluding carboxylic acids is 3. The standard InChI is InChI=1S/C34H49N9O5/c1-3-41(4-2)17-8-18-42-23-26(27-9-5-6-10-28(27)42)19-30(44)43(22-25-14-12-24(13-15-25)20-40-34(37)48)29(11-7-16-38-33(35)36)32(47)39-21-31(45)46/h5-6,9-10,12-15,23,29H,3-4,7-8,11,16-22H2,1-2H3,(H,39,47)(H,45,46)(H4,35,36,38)(H3,37,40,48)/t29-/m1/s1. The number of nitrogens with zero attached hydrogens (tertiary/aromatic N) is 4. The highest BCUT2D eigenvalue weighted by Gasteiger charge is 2.30. The highest BCUT2D eigenvalue weighted by molar-refractivity contribution is 5.93. The summed E-state index contributed by atoms with van der Waals surface area (Å²) in [6.45, 7) is 7.98. The SMILES string of the molecule is CCN(CC)CCCn1cc(CC(=O)N(Cc2ccc(CNC(N)=O)cc2)[C@H](CCCN=C(N)N)C(=O)NCC(=O)O)c2ccccc21. The Morgan fingerprint density at radius 2 is 1.62 bits per heavy atom. The van der Waals surface area contributed by atoms with Crippen molar-refractivity contribution in [2.75, 3.05) is 32.7 Å². The number of nitrogens with one attached hydrogen (secondary N) is 2. The highest BCUT2D eigenvalue weighted by atomic mass is 16.4. The maximum absolute atomic E-state index is 14.3. The van der Waals surface area contributed by atoms with Crippen molar-refractivity contribution in [1.82, 2.24) is 25.0 Å². The van der Waals surface area contributed by atoms with Crippen molar-refractivity contribution in [3.63, 3.8) is 0 Å². The van der Waals surface area contributed by atoms with E-state index in [0.717, 1.165) is 60.2 Å². The second kappa shape index (κ2) is 18.9. The zero-order valence-corrected chi connectivity index (χ0v) is 27.9. The minimum absolute atomic E-state index is 0.0286. The molecule has 1 atom stereocenters. The van der Waals surface area contributed by atoms with Crippen LogP contribution in [0, 0.1) is 0 Å². The smallest absolute Gasteiger partial charge is 0.322 e. The van der Waals surface area contributed by atoms with Crippen molar-refractivity contribution in [2.24, 2.45) is 22.2 Å². The van der Waals surface area contributed by atoms with Gasteiger partial charge in [-0.1, -0.05) is 56.3 Å². The molecule has 2 aromatic carbocycles. The quantitative estimate of drug-likeness (QED) is 0.0593. The Labute approximate surface area is 281 Å². The third-order valence-electron chi connectivity index (χ3n) is 8.17. The maximum atomic E-state index is 14.3. The van der Waals surface area contributed by atoms with Gasteiger partial charge in [0.15, 0.2) is 5.96 Å². The molecule has 0 aliphatic heterocycles. The summed E-state index contributed by atoms with van der Waals surface area (Å²) in [6, 6.07) is 13.5. The van der Waals surface area contributed by atoms with E-state index in [2.05, 4.69) is 38.9 Å². The van der Waals surface area contributed by atoms with Crippen molar-refractivity contribution < 1.29 is 24.3 Å². The van der Waals surface area contributed by atoms with E-state index >= 15 is 0 Å². The van der Waals surface area contributed by atoms with Gasteiger partial charge in [0.25, 0.3) is 0 Å². The number of aryl methyl sites for hydroxylation is 1. The number of para-hydroxylation sites is 1. The number of guanidine groups is 1. The van der Waals surface area contributed by atoms with Crippen LogP contribution in [0.1, 0.15) is 49.8 Å². The second-order valence-electron chi connectivity index (χ2n) is 11.6. The molecule has 0 spiro atoms. The zero-order chi connectivity index (χ0) is 35.1. The number of fused-ring (bicyclic) bond motifs is 1. The molecule has 14 nitrogen and oxygen atoms in total. The molecule has 9 N–H and O–H groups in total. The van der Waals surface area contributed by atoms with Gasteiger partial charge in [-0.2, -0.15) is 0 Å². The molecule has 0 bridgehead atoms. The molecule has 0 aliphatic carbocycles. The number of rotatable bonds is 20. The number of hydrogen-bond acceptors (Lipinski definition) is 6. The highest BCUT2D eigenvalue weighted by Crippen LogP contribution is 2.24. The van der Waals surface area contributed by atoms with Crippen molar-refractivity contribution >= 4 is 40.7 Å². The van der Waals surface area contributed by atoms with Gasteiger partial charge in [-0.25, -0.2) is 4.79 Å². The van der Waals surface area contributed by atoms with Crippen molar-refractivity contribution in [3.05, 3.63) is 71.4 Å². The molecule has 0 aliphatic rings. The van der Waals surface area contributed by atoms with Gasteiger partial charge in [-0.3, -0.25) is 19.4 Å². The largest absolute Gasteiger partial charge is 0.480 e. The monoisotopic (exact) mass is 663 g/mol. The first-order valence-corrected chi connectivity index (χ1v) is 16.3. The second-order valence-corrected chi connectivity index (χ2v) is 11.6. The van der Waals surface area contributed by atoms with Crippen LogP contribution in [-0.2, 0) is 40.4 Å². The number of aliphatic imine (C=N–C) groups is 1. The molecule has 260 valence electrons. The Hall–Kier alpha value is -5.11. The van der Waals surface area contributed by atoms with E-state index < -0.39 is 30.5 Å². The minimum Gasteiger partial charge on any atom is -0.480 e. The van der Waals surface area contributed by atoms with Gasteiger partial charge in [-0.15, -0.1) is 0 Å². The fourth-order valence-electron chi connectivity index (χ4n) is 5.64. The van der Waals surface area contributed by atoms with E-state index in [1.54, 1.807) is 12.1 Å². The number of carboxylic acid groups (broad SMARTS) is 1. The molecule has 4 amide bonds. The Morgan fingerprint density at radius 3 is 2.27 bits per heavy atom. The number of amides is 4. The summed E-state index contributed by atoms with van der Waals surface area (Å²) in [7, 11) is 0. The van der Waals surface area contributed by atoms with Crippen LogP contribution in [0.25, 0.3) is 10.9 Å². The van der Waals surface area contributed by atoms with Crippen LogP contribution in [0.2, 0.25) is 0 Å². The predicted octanol–water partition coefficient (Wildman–Crippen LogP) is 1.74. The minimum atomic E-state index is -1.20. The predicted molar refractivity (Wildman–Crippen MR) is 186 cm³/mol. The van der Waals surface area contributed by atoms with Gasteiger partial charge in [0, 0.05) is 43.3 Å². The molecule has 0 radical (unpaired) electrons. The van der Waals surface area contributed by atoms with E-state index in [4.69, 9.17) is 17.2 Å². The van der Waals surface area contributed by atoms with Crippen molar-refractivity contribution in [2.45, 2.75) is 65.2 Å². The molecular weight excluding hydrogens is 614 g/mol. The number of aliphatic carboxylic acids is 1. The molecule has 3 aromatic rings. The van der Waals surface area contributed by atoms with Gasteiger partial charge in [0.2, 0.25) is 11.8 Å². The van der Waals surface area contributed by atoms with Crippen molar-refractivity contribution in [3.8, 4) is 0 Å². The zero-order valence-electron chi connectivity index (χ0n) is 27.9. The summed E-state index contributed by atoms with van der Waals surface area (Å²) in [4.78, 5) is 58.1. The van der Waals surface area contributed by atoms with Crippen LogP contribution in [0.5, 0.6) is 0 Å². The number of carbonyl (C=O) groups is 4. The lowest BCUT2D eigenvalue weighted by atomic mass is 10.0. The van der Waals surface area contributed by atoms with Crippen LogP contribution >= 0.6 is 0 Å². The third-order valence-corrected chi connectivity index (χ3v) is 8.17. The number of benzene rings is 2. The Bertz CT molecular complexity index is 1550. The van der Waals surface area contributed by atoms with Crippen LogP contribution < -0.4 is 27.8 Å². The Kier molecular flexibility index (Phi) is 14.7. The molecule has 1 heterocycles. The van der Waals surface area contributed by atoms with Crippen molar-refractivity contribution in [1.29, 1.82) is 0 Å². The van der Waals surface area contributed by atoms with E-state index in [9.17, 15) is 24.3 Å². The summed E-state index contributed by atoms with van der Waals surface area (Å²) in [5.74, 6) is -2.17. The average molecular weight is 664 g/mol. The van der Waals surface area contributed by atoms with Crippen LogP contribution in [0.4, 0.5) is 4.79 Å². The van der Waals surface area contributed by atoms with Gasteiger partial charge < -0.3 is 47.3 Å². The normalized spacial score (nSPS) is 11.6. The lowest BCUT2D eigenvalue weighted by Gasteiger charge is -2.31. The molecule has 0 unspecified atom stereocenters. The van der Waals surface area contributed by atoms with E-state index in [0.29, 0.717) is 6.42 Å². The number of nitrogens with two attached hydrogens (primary N) is 3. The Balaban J connectivity index is 1.95. The molecule has 48 heavy (non-hydrogen) atoms. The first-order valence-electron chi connectivity index (χ1n) is 16.3. The molecule has 3 rings (SSSR count). The molecular formula is C34H49N9O5. The lowest BCUT2D eigenvalue weighted by molar-refractivity contribution is -0.142. The average Bonchev–Trinajstić information content (AvgIpc) is 3.41. The fraction of sp³-hybridized carbons (Fsp3) is 0.441. The summed E-state index contributed by atoms with van der Waals surface area (Å²) >= 11 is 0. The van der Waals surface area contributed by atoms with Crippen LogP contribution in [-0.4, -0.2) is 88.0 Å². The topological polar surface area (TPSA) is 214 Å². The van der Waals surface area contributed by atoms with E-state index in [-0.39, 0.29) is 44.3 Å². The summed E-state index contributed by atoms with van der Waals surface area (Å²) < 4.78 is 2.18. The first-order chi connectivity index (χ1) is 23.0. The first kappa shape index (κ1) is 37.3. The summed E-state index contributed by atoms with van der Waals surface area (Å²) in [5, 5.41) is 15.2. The van der Waals surface area contributed by atoms with Crippen LogP contribution in [0.3, 0.4) is 0 Å². The number of aromatic nitrogens is 1. The molecule has 0 saturated heterocycles. The number of primary amides is 1. The van der Waals surface area contributed by atoms with Gasteiger partial charge in [0.1, 0.15) is 12.6 Å². The van der Waals surface area contributed by atoms with Gasteiger partial charge in [-0.05, 0) is 61.7 Å². The Morgan fingerprint density at radius 1 is 0.938 bits per heavy atom. The van der Waals surface area contributed by atoms with E-state index in [1.165, 1.54) is 4.90 Å². The molecule has 14 heteroatoms. The summed E-state index contributed by atoms with van der Waals surface area (Å²) in [5.41, 5.74) is 19.6. The van der Waals surface area contributed by atoms with E-state index in [1.807, 2.05) is 42.6 Å². The molecule has 0 fully saturated rings. The molecule has 1 aromatic heterocycles. The lowest BCUT2D eigenvalue weighted by Crippen LogP contribution is -2.50. The maximum Gasteiger partial charge on any atom is 0.322 e. The van der Waals surface area contributed by atoms with Gasteiger partial charge in [0.05, 0.1) is 6.42 Å². The molecule has 0 saturated carbocycles. The number of hydrogen-bond donors (Lipinski definition) is 6. The summed E-state index contributed by atoms with van der Waals surface area (Å²) in [6.07, 6.45) is 3.56. The third kappa shape index (κ3) is 11.6. The van der Waals surface area contributed by atoms with Crippen LogP contribution in [0.15, 0.2) is 59.7 Å². The fourth-order valence-corrected chi connectivity index (χ4v) is 5.64.